The summed E-state index contributed by atoms with van der Waals surface area (Å²) in [5.74, 6) is -1.45. The molecule has 0 heterocycles. The molecule has 0 aliphatic heterocycles. The molecule has 0 aliphatic rings. The lowest BCUT2D eigenvalue weighted by atomic mass is 10.0. The normalized spacial score (nSPS) is 10.2. The lowest BCUT2D eigenvalue weighted by molar-refractivity contribution is -0.146. The fourth-order valence-corrected chi connectivity index (χ4v) is 2.82. The average Bonchev–Trinajstić information content (AvgIpc) is 2.70. The molecule has 0 bridgehead atoms. The van der Waals surface area contributed by atoms with Crippen LogP contribution in [0.15, 0.2) is 42.5 Å². The van der Waals surface area contributed by atoms with E-state index in [0.717, 1.165) is 35.2 Å². The van der Waals surface area contributed by atoms with Crippen molar-refractivity contribution < 1.29 is 19.1 Å². The van der Waals surface area contributed by atoms with Crippen molar-refractivity contribution in [3.63, 3.8) is 0 Å². The molecule has 2 rings (SSSR count). The van der Waals surface area contributed by atoms with Crippen LogP contribution in [-0.2, 0) is 27.2 Å². The Morgan fingerprint density at radius 2 is 1.61 bits per heavy atom. The van der Waals surface area contributed by atoms with E-state index in [1.54, 1.807) is 18.2 Å². The Morgan fingerprint density at radius 1 is 0.964 bits per heavy atom. The standard InChI is InChI=1S/C22H26N2O4/c1-4-16-9-7-10-17(5-2)21(16)24-19(25)14-28-20(26)13-23-22(27)18-11-6-8-15(3)12-18/h6-12H,4-5,13-14H2,1-3H3,(H,23,27)(H,24,25). The maximum absolute atomic E-state index is 12.2. The first kappa shape index (κ1) is 21.2. The van der Waals surface area contributed by atoms with Gasteiger partial charge < -0.3 is 15.4 Å². The maximum atomic E-state index is 12.2. The zero-order chi connectivity index (χ0) is 20.5. The van der Waals surface area contributed by atoms with Gasteiger partial charge in [0.1, 0.15) is 6.54 Å². The topological polar surface area (TPSA) is 84.5 Å². The zero-order valence-corrected chi connectivity index (χ0v) is 16.5. The summed E-state index contributed by atoms with van der Waals surface area (Å²) < 4.78 is 4.97. The highest BCUT2D eigenvalue weighted by Gasteiger charge is 2.13. The summed E-state index contributed by atoms with van der Waals surface area (Å²) in [5, 5.41) is 5.32. The van der Waals surface area contributed by atoms with E-state index < -0.39 is 18.5 Å². The van der Waals surface area contributed by atoms with Gasteiger partial charge in [0.25, 0.3) is 11.8 Å². The minimum Gasteiger partial charge on any atom is -0.454 e. The van der Waals surface area contributed by atoms with Crippen LogP contribution in [0.3, 0.4) is 0 Å². The number of esters is 1. The van der Waals surface area contributed by atoms with E-state index in [2.05, 4.69) is 10.6 Å². The molecule has 0 atom stereocenters. The van der Waals surface area contributed by atoms with Gasteiger partial charge in [-0.1, -0.05) is 49.7 Å². The van der Waals surface area contributed by atoms with Gasteiger partial charge in [-0.05, 0) is 43.0 Å². The summed E-state index contributed by atoms with van der Waals surface area (Å²) in [6, 6.07) is 12.9. The van der Waals surface area contributed by atoms with Crippen LogP contribution in [0.1, 0.15) is 40.9 Å². The van der Waals surface area contributed by atoms with E-state index in [1.807, 2.05) is 45.0 Å². The fourth-order valence-electron chi connectivity index (χ4n) is 2.82. The Balaban J connectivity index is 1.83. The number of nitrogens with one attached hydrogen (secondary N) is 2. The van der Waals surface area contributed by atoms with Crippen molar-refractivity contribution in [2.75, 3.05) is 18.5 Å². The Kier molecular flexibility index (Phi) is 7.75. The molecule has 0 saturated heterocycles. The van der Waals surface area contributed by atoms with Crippen molar-refractivity contribution in [3.05, 3.63) is 64.7 Å². The molecule has 2 amide bonds. The van der Waals surface area contributed by atoms with Crippen molar-refractivity contribution in [2.24, 2.45) is 0 Å². The fraction of sp³-hybridized carbons (Fsp3) is 0.318. The number of benzene rings is 2. The highest BCUT2D eigenvalue weighted by molar-refractivity contribution is 5.97. The predicted molar refractivity (Wildman–Crippen MR) is 108 cm³/mol. The van der Waals surface area contributed by atoms with Gasteiger partial charge in [-0.25, -0.2) is 0 Å². The van der Waals surface area contributed by atoms with Gasteiger partial charge in [0.2, 0.25) is 0 Å². The zero-order valence-electron chi connectivity index (χ0n) is 16.5. The van der Waals surface area contributed by atoms with Crippen LogP contribution in [0.4, 0.5) is 5.69 Å². The largest absolute Gasteiger partial charge is 0.454 e. The van der Waals surface area contributed by atoms with Crippen LogP contribution >= 0.6 is 0 Å². The second-order valence-corrected chi connectivity index (χ2v) is 6.42. The van der Waals surface area contributed by atoms with Gasteiger partial charge in [-0.2, -0.15) is 0 Å². The number of carbonyl (C=O) groups is 3. The first-order valence-electron chi connectivity index (χ1n) is 9.35. The van der Waals surface area contributed by atoms with Gasteiger partial charge >= 0.3 is 5.97 Å². The summed E-state index contributed by atoms with van der Waals surface area (Å²) in [4.78, 5) is 36.0. The Hall–Kier alpha value is -3.15. The van der Waals surface area contributed by atoms with Gasteiger partial charge in [-0.3, -0.25) is 14.4 Å². The Morgan fingerprint density at radius 3 is 2.21 bits per heavy atom. The molecule has 2 N–H and O–H groups in total. The first-order valence-corrected chi connectivity index (χ1v) is 9.35. The van der Waals surface area contributed by atoms with E-state index in [4.69, 9.17) is 4.74 Å². The van der Waals surface area contributed by atoms with Crippen LogP contribution < -0.4 is 10.6 Å². The summed E-state index contributed by atoms with van der Waals surface area (Å²) in [6.45, 7) is 5.21. The lowest BCUT2D eigenvalue weighted by Gasteiger charge is -2.14. The molecule has 0 radical (unpaired) electrons. The molecule has 0 aromatic heterocycles. The molecular formula is C22H26N2O4. The Labute approximate surface area is 165 Å². The van der Waals surface area contributed by atoms with Crippen LogP contribution in [0.25, 0.3) is 0 Å². The van der Waals surface area contributed by atoms with Gasteiger partial charge in [0, 0.05) is 11.3 Å². The molecule has 2 aromatic rings. The molecule has 28 heavy (non-hydrogen) atoms. The van der Waals surface area contributed by atoms with Gasteiger partial charge in [0.15, 0.2) is 6.61 Å². The van der Waals surface area contributed by atoms with E-state index in [9.17, 15) is 14.4 Å². The summed E-state index contributed by atoms with van der Waals surface area (Å²) in [6.07, 6.45) is 1.57. The second-order valence-electron chi connectivity index (χ2n) is 6.42. The molecule has 0 fully saturated rings. The monoisotopic (exact) mass is 382 g/mol. The summed E-state index contributed by atoms with van der Waals surface area (Å²) in [7, 11) is 0. The maximum Gasteiger partial charge on any atom is 0.325 e. The minimum atomic E-state index is -0.671. The summed E-state index contributed by atoms with van der Waals surface area (Å²) in [5.41, 5.74) is 4.26. The van der Waals surface area contributed by atoms with Gasteiger partial charge in [0.05, 0.1) is 0 Å². The third kappa shape index (κ3) is 5.94. The highest BCUT2D eigenvalue weighted by atomic mass is 16.5. The number of carbonyl (C=O) groups excluding carboxylic acids is 3. The number of rotatable bonds is 8. The summed E-state index contributed by atoms with van der Waals surface area (Å²) >= 11 is 0. The van der Waals surface area contributed by atoms with Crippen molar-refractivity contribution in [2.45, 2.75) is 33.6 Å². The second kappa shape index (κ2) is 10.3. The number of amides is 2. The van der Waals surface area contributed by atoms with Crippen molar-refractivity contribution >= 4 is 23.5 Å². The van der Waals surface area contributed by atoms with Crippen LogP contribution in [0.5, 0.6) is 0 Å². The third-order valence-corrected chi connectivity index (χ3v) is 4.30. The van der Waals surface area contributed by atoms with E-state index in [0.29, 0.717) is 5.56 Å². The van der Waals surface area contributed by atoms with E-state index >= 15 is 0 Å². The molecule has 148 valence electrons. The van der Waals surface area contributed by atoms with E-state index in [1.165, 1.54) is 0 Å². The smallest absolute Gasteiger partial charge is 0.325 e. The van der Waals surface area contributed by atoms with Gasteiger partial charge in [-0.15, -0.1) is 0 Å². The number of aryl methyl sites for hydroxylation is 3. The molecular weight excluding hydrogens is 356 g/mol. The Bertz CT molecular complexity index is 839. The van der Waals surface area contributed by atoms with Crippen LogP contribution in [0, 0.1) is 6.92 Å². The van der Waals surface area contributed by atoms with Crippen molar-refractivity contribution in [1.82, 2.24) is 5.32 Å². The molecule has 0 saturated carbocycles. The minimum absolute atomic E-state index is 0.300. The van der Waals surface area contributed by atoms with E-state index in [-0.39, 0.29) is 12.5 Å². The number of para-hydroxylation sites is 1. The van der Waals surface area contributed by atoms with Crippen molar-refractivity contribution in [3.8, 4) is 0 Å². The quantitative estimate of drug-likeness (QED) is 0.688. The lowest BCUT2D eigenvalue weighted by Crippen LogP contribution is -2.32. The number of ether oxygens (including phenoxy) is 1. The predicted octanol–water partition coefficient (Wildman–Crippen LogP) is 3.03. The van der Waals surface area contributed by atoms with Crippen molar-refractivity contribution in [1.29, 1.82) is 0 Å². The third-order valence-electron chi connectivity index (χ3n) is 4.30. The molecule has 0 spiro atoms. The molecule has 0 unspecified atom stereocenters. The molecule has 6 heteroatoms. The molecule has 2 aromatic carbocycles. The molecule has 0 aliphatic carbocycles. The van der Waals surface area contributed by atoms with Crippen LogP contribution in [-0.4, -0.2) is 30.9 Å². The SMILES string of the molecule is CCc1cccc(CC)c1NC(=O)COC(=O)CNC(=O)c1cccc(C)c1. The average molecular weight is 382 g/mol. The number of hydrogen-bond acceptors (Lipinski definition) is 4. The first-order chi connectivity index (χ1) is 13.4. The molecule has 6 nitrogen and oxygen atoms in total. The number of anilines is 1. The number of hydrogen-bond donors (Lipinski definition) is 2. The highest BCUT2D eigenvalue weighted by Crippen LogP contribution is 2.22. The van der Waals surface area contributed by atoms with Crippen LogP contribution in [0.2, 0.25) is 0 Å².